The number of hydrogen-bond donors (Lipinski definition) is 0. The van der Waals surface area contributed by atoms with Gasteiger partial charge in [0.15, 0.2) is 0 Å². The van der Waals surface area contributed by atoms with Gasteiger partial charge in [-0.3, -0.25) is 4.18 Å². The average molecular weight is 204 g/mol. The van der Waals surface area contributed by atoms with Crippen LogP contribution in [0.5, 0.6) is 0 Å². The Bertz CT molecular complexity index is 249. The normalized spacial score (nSPS) is 11.1. The van der Waals surface area contributed by atoms with Gasteiger partial charge < -0.3 is 0 Å². The lowest BCUT2D eigenvalue weighted by atomic mass is 10.2. The smallest absolute Gasteiger partial charge is 0.257 e. The summed E-state index contributed by atoms with van der Waals surface area (Å²) in [5.41, 5.74) is 0. The van der Waals surface area contributed by atoms with Crippen molar-refractivity contribution in [2.45, 2.75) is 32.6 Å². The molecule has 0 heterocycles. The summed E-state index contributed by atoms with van der Waals surface area (Å²) in [6.45, 7) is 1.92. The van der Waals surface area contributed by atoms with Crippen LogP contribution in [0.3, 0.4) is 0 Å². The SMILES string of the molecule is C#CCOS(=O)(=O)CCCCCC. The molecule has 0 aliphatic carbocycles. The van der Waals surface area contributed by atoms with E-state index in [4.69, 9.17) is 6.42 Å². The van der Waals surface area contributed by atoms with Crippen LogP contribution in [0.4, 0.5) is 0 Å². The van der Waals surface area contributed by atoms with Crippen molar-refractivity contribution in [2.75, 3.05) is 12.4 Å². The highest BCUT2D eigenvalue weighted by atomic mass is 32.2. The first-order valence-electron chi connectivity index (χ1n) is 4.43. The van der Waals surface area contributed by atoms with Gasteiger partial charge in [0.2, 0.25) is 0 Å². The third kappa shape index (κ3) is 7.82. The van der Waals surface area contributed by atoms with E-state index < -0.39 is 10.1 Å². The molecule has 0 rings (SSSR count). The van der Waals surface area contributed by atoms with Crippen LogP contribution in [-0.4, -0.2) is 20.8 Å². The summed E-state index contributed by atoms with van der Waals surface area (Å²) in [6, 6.07) is 0. The van der Waals surface area contributed by atoms with E-state index in [0.717, 1.165) is 19.3 Å². The van der Waals surface area contributed by atoms with Gasteiger partial charge in [-0.2, -0.15) is 8.42 Å². The number of hydrogen-bond acceptors (Lipinski definition) is 3. The molecule has 0 aromatic heterocycles. The molecular formula is C9H16O3S. The lowest BCUT2D eigenvalue weighted by Gasteiger charge is -2.01. The minimum absolute atomic E-state index is 0.0781. The van der Waals surface area contributed by atoms with Gasteiger partial charge in [-0.05, 0) is 6.42 Å². The minimum Gasteiger partial charge on any atom is -0.257 e. The van der Waals surface area contributed by atoms with Crippen LogP contribution in [0.1, 0.15) is 32.6 Å². The molecule has 13 heavy (non-hydrogen) atoms. The predicted octanol–water partition coefficient (Wildman–Crippen LogP) is 1.55. The second kappa shape index (κ2) is 6.93. The highest BCUT2D eigenvalue weighted by Crippen LogP contribution is 2.03. The molecule has 0 aromatic carbocycles. The Morgan fingerprint density at radius 3 is 2.54 bits per heavy atom. The van der Waals surface area contributed by atoms with Crippen molar-refractivity contribution in [1.29, 1.82) is 0 Å². The molecule has 0 aliphatic heterocycles. The van der Waals surface area contributed by atoms with Gasteiger partial charge in [-0.1, -0.05) is 32.1 Å². The van der Waals surface area contributed by atoms with E-state index in [1.54, 1.807) is 0 Å². The second-order valence-corrected chi connectivity index (χ2v) is 4.55. The van der Waals surface area contributed by atoms with Crippen molar-refractivity contribution in [3.05, 3.63) is 0 Å². The molecule has 0 radical (unpaired) electrons. The highest BCUT2D eigenvalue weighted by molar-refractivity contribution is 7.86. The zero-order chi connectivity index (χ0) is 10.2. The minimum atomic E-state index is -3.37. The first-order valence-corrected chi connectivity index (χ1v) is 6.00. The first-order chi connectivity index (χ1) is 6.12. The molecule has 0 atom stereocenters. The fraction of sp³-hybridized carbons (Fsp3) is 0.778. The van der Waals surface area contributed by atoms with Crippen LogP contribution in [0.2, 0.25) is 0 Å². The quantitative estimate of drug-likeness (QED) is 0.359. The Morgan fingerprint density at radius 1 is 1.31 bits per heavy atom. The van der Waals surface area contributed by atoms with Gasteiger partial charge in [0.1, 0.15) is 6.61 Å². The Kier molecular flexibility index (Phi) is 6.65. The summed E-state index contributed by atoms with van der Waals surface area (Å²) < 4.78 is 26.6. The van der Waals surface area contributed by atoms with Crippen LogP contribution in [0.15, 0.2) is 0 Å². The molecule has 4 heteroatoms. The molecular weight excluding hydrogens is 188 g/mol. The maximum Gasteiger partial charge on any atom is 0.268 e. The number of terminal acetylenes is 1. The molecule has 0 saturated heterocycles. The Morgan fingerprint density at radius 2 is 2.00 bits per heavy atom. The van der Waals surface area contributed by atoms with E-state index in [2.05, 4.69) is 17.0 Å². The summed E-state index contributed by atoms with van der Waals surface area (Å²) in [7, 11) is -3.37. The van der Waals surface area contributed by atoms with E-state index in [-0.39, 0.29) is 12.4 Å². The predicted molar refractivity (Wildman–Crippen MR) is 52.7 cm³/mol. The zero-order valence-electron chi connectivity index (χ0n) is 7.95. The largest absolute Gasteiger partial charge is 0.268 e. The van der Waals surface area contributed by atoms with Gasteiger partial charge in [0.05, 0.1) is 5.75 Å². The van der Waals surface area contributed by atoms with Gasteiger partial charge in [-0.15, -0.1) is 6.42 Å². The standard InChI is InChI=1S/C9H16O3S/c1-3-5-6-7-9-13(10,11)12-8-4-2/h2H,3,5-9H2,1H3. The monoisotopic (exact) mass is 204 g/mol. The topological polar surface area (TPSA) is 43.4 Å². The van der Waals surface area contributed by atoms with E-state index in [1.807, 2.05) is 0 Å². The van der Waals surface area contributed by atoms with Gasteiger partial charge in [-0.25, -0.2) is 0 Å². The third-order valence-corrected chi connectivity index (χ3v) is 2.84. The molecule has 76 valence electrons. The number of rotatable bonds is 7. The summed E-state index contributed by atoms with van der Waals surface area (Å²) in [5.74, 6) is 2.20. The zero-order valence-corrected chi connectivity index (χ0v) is 8.77. The molecule has 0 unspecified atom stereocenters. The van der Waals surface area contributed by atoms with E-state index >= 15 is 0 Å². The van der Waals surface area contributed by atoms with E-state index in [9.17, 15) is 8.42 Å². The third-order valence-electron chi connectivity index (χ3n) is 1.57. The molecule has 0 aliphatic rings. The second-order valence-electron chi connectivity index (χ2n) is 2.79. The maximum absolute atomic E-state index is 11.0. The Balaban J connectivity index is 3.59. The van der Waals surface area contributed by atoms with Crippen LogP contribution < -0.4 is 0 Å². The van der Waals surface area contributed by atoms with Crippen LogP contribution in [0, 0.1) is 12.3 Å². The summed E-state index contributed by atoms with van der Waals surface area (Å²) in [4.78, 5) is 0. The van der Waals surface area contributed by atoms with Crippen molar-refractivity contribution in [3.8, 4) is 12.3 Å². The van der Waals surface area contributed by atoms with Crippen molar-refractivity contribution in [2.24, 2.45) is 0 Å². The van der Waals surface area contributed by atoms with Crippen LogP contribution in [0.25, 0.3) is 0 Å². The van der Waals surface area contributed by atoms with E-state index in [0.29, 0.717) is 6.42 Å². The van der Waals surface area contributed by atoms with Gasteiger partial charge in [0, 0.05) is 0 Å². The number of unbranched alkanes of at least 4 members (excludes halogenated alkanes) is 3. The van der Waals surface area contributed by atoms with Crippen LogP contribution in [-0.2, 0) is 14.3 Å². The molecule has 0 spiro atoms. The lowest BCUT2D eigenvalue weighted by Crippen LogP contribution is -2.10. The van der Waals surface area contributed by atoms with Crippen molar-refractivity contribution in [1.82, 2.24) is 0 Å². The molecule has 0 aromatic rings. The Hall–Kier alpha value is -0.530. The van der Waals surface area contributed by atoms with Crippen LogP contribution >= 0.6 is 0 Å². The van der Waals surface area contributed by atoms with Crippen molar-refractivity contribution in [3.63, 3.8) is 0 Å². The summed E-state index contributed by atoms with van der Waals surface area (Å²) in [5, 5.41) is 0. The lowest BCUT2D eigenvalue weighted by molar-refractivity contribution is 0.362. The molecule has 0 saturated carbocycles. The maximum atomic E-state index is 11.0. The molecule has 3 nitrogen and oxygen atoms in total. The first kappa shape index (κ1) is 12.5. The van der Waals surface area contributed by atoms with E-state index in [1.165, 1.54) is 0 Å². The van der Waals surface area contributed by atoms with Gasteiger partial charge in [0.25, 0.3) is 10.1 Å². The summed E-state index contributed by atoms with van der Waals surface area (Å²) >= 11 is 0. The molecule has 0 N–H and O–H groups in total. The Labute approximate surface area is 80.6 Å². The average Bonchev–Trinajstić information content (AvgIpc) is 2.09. The molecule has 0 bridgehead atoms. The molecule has 0 fully saturated rings. The van der Waals surface area contributed by atoms with Crippen molar-refractivity contribution >= 4 is 10.1 Å². The van der Waals surface area contributed by atoms with Crippen molar-refractivity contribution < 1.29 is 12.6 Å². The fourth-order valence-corrected chi connectivity index (χ4v) is 1.81. The summed E-state index contributed by atoms with van der Waals surface area (Å²) in [6.07, 6.45) is 8.60. The molecule has 0 amide bonds. The van der Waals surface area contributed by atoms with Gasteiger partial charge >= 0.3 is 0 Å². The fourth-order valence-electron chi connectivity index (χ4n) is 0.888. The highest BCUT2D eigenvalue weighted by Gasteiger charge is 2.08.